The first-order valence-corrected chi connectivity index (χ1v) is 9.70. The number of para-hydroxylation sites is 1. The molecule has 2 N–H and O–H groups in total. The molecule has 3 rings (SSSR count). The van der Waals surface area contributed by atoms with E-state index in [2.05, 4.69) is 4.72 Å². The fourth-order valence-corrected chi connectivity index (χ4v) is 3.58. The first-order chi connectivity index (χ1) is 13.3. The zero-order valence-corrected chi connectivity index (χ0v) is 15.7. The average Bonchev–Trinajstić information content (AvgIpc) is 2.64. The third-order valence-corrected chi connectivity index (χ3v) is 5.23. The highest BCUT2D eigenvalue weighted by molar-refractivity contribution is 7.92. The van der Waals surface area contributed by atoms with Crippen LogP contribution in [0.1, 0.15) is 10.4 Å². The number of aromatic carboxylic acids is 1. The maximum atomic E-state index is 13.6. The zero-order chi connectivity index (χ0) is 20.3. The molecule has 3 aromatic rings. The van der Waals surface area contributed by atoms with Gasteiger partial charge in [-0.15, -0.1) is 0 Å². The molecular formula is C19H13ClFNO5S. The molecule has 0 bridgehead atoms. The molecule has 3 aromatic carbocycles. The molecule has 0 saturated heterocycles. The van der Waals surface area contributed by atoms with Crippen LogP contribution >= 0.6 is 11.6 Å². The molecule has 0 unspecified atom stereocenters. The van der Waals surface area contributed by atoms with Crippen molar-refractivity contribution >= 4 is 33.3 Å². The van der Waals surface area contributed by atoms with Crippen molar-refractivity contribution in [1.82, 2.24) is 0 Å². The number of benzene rings is 3. The van der Waals surface area contributed by atoms with Crippen LogP contribution in [-0.2, 0) is 10.0 Å². The molecule has 144 valence electrons. The fourth-order valence-electron chi connectivity index (χ4n) is 2.33. The summed E-state index contributed by atoms with van der Waals surface area (Å²) in [6, 6.07) is 15.5. The molecule has 0 radical (unpaired) electrons. The Hall–Kier alpha value is -3.10. The smallest absolute Gasteiger partial charge is 0.338 e. The molecule has 0 fully saturated rings. The van der Waals surface area contributed by atoms with Crippen molar-refractivity contribution in [3.05, 3.63) is 83.1 Å². The molecule has 0 saturated carbocycles. The maximum Gasteiger partial charge on any atom is 0.338 e. The fraction of sp³-hybridized carbons (Fsp3) is 0. The monoisotopic (exact) mass is 421 g/mol. The van der Waals surface area contributed by atoms with Gasteiger partial charge in [-0.1, -0.05) is 29.8 Å². The van der Waals surface area contributed by atoms with E-state index >= 15 is 0 Å². The lowest BCUT2D eigenvalue weighted by Gasteiger charge is -2.14. The van der Waals surface area contributed by atoms with E-state index in [1.54, 1.807) is 30.3 Å². The van der Waals surface area contributed by atoms with Gasteiger partial charge in [-0.2, -0.15) is 0 Å². The van der Waals surface area contributed by atoms with Gasteiger partial charge in [-0.05, 0) is 48.5 Å². The Bertz CT molecular complexity index is 1140. The molecule has 9 heteroatoms. The van der Waals surface area contributed by atoms with Gasteiger partial charge < -0.3 is 9.84 Å². The first-order valence-electron chi connectivity index (χ1n) is 7.84. The predicted molar refractivity (Wildman–Crippen MR) is 102 cm³/mol. The highest BCUT2D eigenvalue weighted by atomic mass is 35.5. The van der Waals surface area contributed by atoms with Gasteiger partial charge in [0, 0.05) is 5.02 Å². The zero-order valence-electron chi connectivity index (χ0n) is 14.1. The number of rotatable bonds is 6. The number of anilines is 1. The topological polar surface area (TPSA) is 92.7 Å². The molecule has 0 aromatic heterocycles. The summed E-state index contributed by atoms with van der Waals surface area (Å²) in [6.45, 7) is 0. The Kier molecular flexibility index (Phi) is 5.53. The van der Waals surface area contributed by atoms with Crippen LogP contribution in [0.3, 0.4) is 0 Å². The maximum absolute atomic E-state index is 13.6. The summed E-state index contributed by atoms with van der Waals surface area (Å²) in [7, 11) is -4.24. The molecule has 0 aliphatic heterocycles. The van der Waals surface area contributed by atoms with Gasteiger partial charge in [0.05, 0.1) is 16.1 Å². The van der Waals surface area contributed by atoms with Crippen molar-refractivity contribution < 1.29 is 27.4 Å². The summed E-state index contributed by atoms with van der Waals surface area (Å²) in [5.74, 6) is -1.97. The Balaban J connectivity index is 1.97. The van der Waals surface area contributed by atoms with Crippen LogP contribution < -0.4 is 9.46 Å². The summed E-state index contributed by atoms with van der Waals surface area (Å²) in [5.41, 5.74) is -0.715. The van der Waals surface area contributed by atoms with Crippen molar-refractivity contribution in [2.24, 2.45) is 0 Å². The standard InChI is InChI=1S/C19H13ClFNO5S/c20-12-6-9-18(27-13-4-2-1-3-5-13)17(10-12)22-28(25,26)14-7-8-16(21)15(11-14)19(23)24/h1-11,22H,(H,23,24). The van der Waals surface area contributed by atoms with Crippen molar-refractivity contribution in [2.75, 3.05) is 4.72 Å². The average molecular weight is 422 g/mol. The third-order valence-electron chi connectivity index (χ3n) is 3.64. The summed E-state index contributed by atoms with van der Waals surface area (Å²) >= 11 is 5.96. The number of nitrogens with one attached hydrogen (secondary N) is 1. The molecule has 0 spiro atoms. The van der Waals surface area contributed by atoms with Crippen LogP contribution in [0.2, 0.25) is 5.02 Å². The largest absolute Gasteiger partial charge is 0.478 e. The van der Waals surface area contributed by atoms with Crippen LogP contribution in [0.5, 0.6) is 11.5 Å². The Morgan fingerprint density at radius 2 is 1.75 bits per heavy atom. The summed E-state index contributed by atoms with van der Waals surface area (Å²) in [5, 5.41) is 9.25. The summed E-state index contributed by atoms with van der Waals surface area (Å²) < 4.78 is 46.9. The minimum Gasteiger partial charge on any atom is -0.478 e. The summed E-state index contributed by atoms with van der Waals surface area (Å²) in [6.07, 6.45) is 0. The SMILES string of the molecule is O=C(O)c1cc(S(=O)(=O)Nc2cc(Cl)ccc2Oc2ccccc2)ccc1F. The van der Waals surface area contributed by atoms with Crippen LogP contribution in [-0.4, -0.2) is 19.5 Å². The molecule has 28 heavy (non-hydrogen) atoms. The van der Waals surface area contributed by atoms with Gasteiger partial charge >= 0.3 is 5.97 Å². The Morgan fingerprint density at radius 1 is 1.04 bits per heavy atom. The van der Waals surface area contributed by atoms with Crippen LogP contribution in [0, 0.1) is 5.82 Å². The second-order valence-corrected chi connectivity index (χ2v) is 7.73. The second-order valence-electron chi connectivity index (χ2n) is 5.61. The van der Waals surface area contributed by atoms with Gasteiger partial charge in [-0.25, -0.2) is 17.6 Å². The van der Waals surface area contributed by atoms with E-state index in [0.29, 0.717) is 5.75 Å². The van der Waals surface area contributed by atoms with E-state index in [4.69, 9.17) is 21.4 Å². The number of carboxylic acid groups (broad SMARTS) is 1. The number of carbonyl (C=O) groups is 1. The predicted octanol–water partition coefficient (Wildman–Crippen LogP) is 4.77. The third kappa shape index (κ3) is 4.41. The molecule has 0 heterocycles. The van der Waals surface area contributed by atoms with E-state index in [9.17, 15) is 17.6 Å². The molecule has 0 amide bonds. The minimum absolute atomic E-state index is 0.0394. The number of hydrogen-bond acceptors (Lipinski definition) is 4. The van der Waals surface area contributed by atoms with E-state index < -0.39 is 32.3 Å². The van der Waals surface area contributed by atoms with Crippen LogP contribution in [0.25, 0.3) is 0 Å². The molecule has 6 nitrogen and oxygen atoms in total. The van der Waals surface area contributed by atoms with Crippen LogP contribution in [0.15, 0.2) is 71.6 Å². The highest BCUT2D eigenvalue weighted by Crippen LogP contribution is 2.33. The molecule has 0 atom stereocenters. The second kappa shape index (κ2) is 7.87. The van der Waals surface area contributed by atoms with Gasteiger partial charge in [0.2, 0.25) is 0 Å². The molecular weight excluding hydrogens is 409 g/mol. The Labute approximate surface area is 165 Å². The minimum atomic E-state index is -4.24. The van der Waals surface area contributed by atoms with Crippen LogP contribution in [0.4, 0.5) is 10.1 Å². The normalized spacial score (nSPS) is 11.1. The number of carboxylic acids is 1. The van der Waals surface area contributed by atoms with Crippen molar-refractivity contribution in [1.29, 1.82) is 0 Å². The lowest BCUT2D eigenvalue weighted by molar-refractivity contribution is 0.0691. The Morgan fingerprint density at radius 3 is 2.43 bits per heavy atom. The van der Waals surface area contributed by atoms with E-state index in [0.717, 1.165) is 18.2 Å². The van der Waals surface area contributed by atoms with Gasteiger partial charge in [-0.3, -0.25) is 4.72 Å². The van der Waals surface area contributed by atoms with Crippen molar-refractivity contribution in [2.45, 2.75) is 4.90 Å². The molecule has 0 aliphatic rings. The van der Waals surface area contributed by atoms with Gasteiger partial charge in [0.1, 0.15) is 11.6 Å². The molecule has 0 aliphatic carbocycles. The lowest BCUT2D eigenvalue weighted by atomic mass is 10.2. The number of ether oxygens (including phenoxy) is 1. The number of hydrogen-bond donors (Lipinski definition) is 2. The quantitative estimate of drug-likeness (QED) is 0.598. The van der Waals surface area contributed by atoms with Gasteiger partial charge in [0.25, 0.3) is 10.0 Å². The number of sulfonamides is 1. The van der Waals surface area contributed by atoms with E-state index in [1.807, 2.05) is 0 Å². The van der Waals surface area contributed by atoms with E-state index in [-0.39, 0.29) is 16.5 Å². The lowest BCUT2D eigenvalue weighted by Crippen LogP contribution is -2.15. The van der Waals surface area contributed by atoms with Crippen molar-refractivity contribution in [3.63, 3.8) is 0 Å². The van der Waals surface area contributed by atoms with E-state index in [1.165, 1.54) is 18.2 Å². The van der Waals surface area contributed by atoms with Crippen molar-refractivity contribution in [3.8, 4) is 11.5 Å². The number of halogens is 2. The first kappa shape index (κ1) is 19.7. The summed E-state index contributed by atoms with van der Waals surface area (Å²) in [4.78, 5) is 10.6. The van der Waals surface area contributed by atoms with Gasteiger partial charge in [0.15, 0.2) is 5.75 Å². The highest BCUT2D eigenvalue weighted by Gasteiger charge is 2.21.